The summed E-state index contributed by atoms with van der Waals surface area (Å²) < 4.78 is 5.04. The number of nitrogens with two attached hydrogens (primary N) is 1. The number of carbonyl (C=O) groups excluding carboxylic acids is 3. The Morgan fingerprint density at radius 3 is 2.19 bits per heavy atom. The van der Waals surface area contributed by atoms with Gasteiger partial charge >= 0.3 is 12.1 Å². The third kappa shape index (κ3) is 2.35. The smallest absolute Gasteiger partial charge is 0.328 e. The molecule has 1 unspecified atom stereocenters. The van der Waals surface area contributed by atoms with Crippen LogP contribution >= 0.6 is 0 Å². The molecule has 0 saturated carbocycles. The van der Waals surface area contributed by atoms with Crippen LogP contribution in [0, 0.1) is 0 Å². The average Bonchev–Trinajstić information content (AvgIpc) is 2.66. The van der Waals surface area contributed by atoms with E-state index in [2.05, 4.69) is 0 Å². The molecule has 1 fully saturated rings. The Hall–Kier alpha value is -2.77. The first-order valence-corrected chi connectivity index (χ1v) is 6.15. The van der Waals surface area contributed by atoms with Crippen LogP contribution in [0.4, 0.5) is 15.3 Å². The SMILES string of the molecule is COc1ccc(N(C(N)=O)C2C(=O)N(C)C(=O)N2C)cc1. The molecule has 2 N–H and O–H groups in total. The number of urea groups is 2. The number of benzene rings is 1. The molecule has 0 aliphatic carbocycles. The van der Waals surface area contributed by atoms with Crippen molar-refractivity contribution in [2.75, 3.05) is 26.1 Å². The first kappa shape index (κ1) is 14.6. The summed E-state index contributed by atoms with van der Waals surface area (Å²) in [6.45, 7) is 0. The topological polar surface area (TPSA) is 96.2 Å². The zero-order valence-electron chi connectivity index (χ0n) is 11.9. The minimum atomic E-state index is -1.09. The van der Waals surface area contributed by atoms with Gasteiger partial charge in [0.2, 0.25) is 0 Å². The van der Waals surface area contributed by atoms with E-state index in [0.717, 1.165) is 14.7 Å². The maximum Gasteiger partial charge on any atom is 0.328 e. The highest BCUT2D eigenvalue weighted by Gasteiger charge is 2.46. The summed E-state index contributed by atoms with van der Waals surface area (Å²) in [7, 11) is 4.31. The molecule has 2 rings (SSSR count). The van der Waals surface area contributed by atoms with E-state index in [1.54, 1.807) is 24.3 Å². The highest BCUT2D eigenvalue weighted by atomic mass is 16.5. The summed E-state index contributed by atoms with van der Waals surface area (Å²) in [5, 5.41) is 0. The van der Waals surface area contributed by atoms with Gasteiger partial charge in [0.05, 0.1) is 7.11 Å². The van der Waals surface area contributed by atoms with E-state index >= 15 is 0 Å². The maximum atomic E-state index is 12.2. The summed E-state index contributed by atoms with van der Waals surface area (Å²) in [6.07, 6.45) is -1.09. The van der Waals surface area contributed by atoms with E-state index in [4.69, 9.17) is 10.5 Å². The van der Waals surface area contributed by atoms with Gasteiger partial charge in [-0.3, -0.25) is 19.5 Å². The number of carbonyl (C=O) groups is 3. The number of nitrogens with zero attached hydrogens (tertiary/aromatic N) is 3. The highest BCUT2D eigenvalue weighted by molar-refractivity contribution is 6.09. The van der Waals surface area contributed by atoms with Gasteiger partial charge in [-0.15, -0.1) is 0 Å². The van der Waals surface area contributed by atoms with Gasteiger partial charge in [-0.1, -0.05) is 0 Å². The molecule has 1 heterocycles. The quantitative estimate of drug-likeness (QED) is 0.817. The number of rotatable bonds is 3. The molecule has 1 atom stereocenters. The normalized spacial score (nSPS) is 18.1. The molecule has 1 aromatic carbocycles. The van der Waals surface area contributed by atoms with Gasteiger partial charge in [-0.05, 0) is 24.3 Å². The molecule has 1 saturated heterocycles. The first-order valence-electron chi connectivity index (χ1n) is 6.15. The van der Waals surface area contributed by atoms with Crippen LogP contribution < -0.4 is 15.4 Å². The summed E-state index contributed by atoms with van der Waals surface area (Å²) in [4.78, 5) is 38.9. The molecule has 1 aromatic rings. The van der Waals surface area contributed by atoms with Crippen molar-refractivity contribution in [1.82, 2.24) is 9.80 Å². The van der Waals surface area contributed by atoms with Crippen molar-refractivity contribution < 1.29 is 19.1 Å². The lowest BCUT2D eigenvalue weighted by atomic mass is 10.2. The fourth-order valence-corrected chi connectivity index (χ4v) is 2.19. The van der Waals surface area contributed by atoms with Crippen molar-refractivity contribution in [2.45, 2.75) is 6.17 Å². The molecule has 8 nitrogen and oxygen atoms in total. The predicted octanol–water partition coefficient (Wildman–Crippen LogP) is 0.430. The van der Waals surface area contributed by atoms with Crippen LogP contribution in [0.15, 0.2) is 24.3 Å². The van der Waals surface area contributed by atoms with E-state index in [1.165, 1.54) is 21.2 Å². The van der Waals surface area contributed by atoms with E-state index < -0.39 is 24.1 Å². The number of hydrogen-bond acceptors (Lipinski definition) is 4. The van der Waals surface area contributed by atoms with Crippen molar-refractivity contribution in [1.29, 1.82) is 0 Å². The fraction of sp³-hybridized carbons (Fsp3) is 0.308. The van der Waals surface area contributed by atoms with Crippen molar-refractivity contribution in [3.8, 4) is 5.75 Å². The predicted molar refractivity (Wildman–Crippen MR) is 74.8 cm³/mol. The van der Waals surface area contributed by atoms with Gasteiger partial charge in [0.1, 0.15) is 5.75 Å². The number of amides is 5. The Balaban J connectivity index is 2.41. The lowest BCUT2D eigenvalue weighted by Gasteiger charge is -2.29. The molecule has 0 bridgehead atoms. The fourth-order valence-electron chi connectivity index (χ4n) is 2.19. The standard InChI is InChI=1S/C13H16N4O4/c1-15-10(11(18)16(2)13(15)20)17(12(14)19)8-4-6-9(21-3)7-5-8/h4-7,10H,1-3H3,(H2,14,19). The largest absolute Gasteiger partial charge is 0.497 e. The van der Waals surface area contributed by atoms with Gasteiger partial charge in [-0.25, -0.2) is 9.59 Å². The number of imide groups is 1. The Bertz CT molecular complexity index is 586. The van der Waals surface area contributed by atoms with Gasteiger partial charge < -0.3 is 10.5 Å². The van der Waals surface area contributed by atoms with Crippen molar-refractivity contribution >= 4 is 23.7 Å². The highest BCUT2D eigenvalue weighted by Crippen LogP contribution is 2.25. The zero-order chi connectivity index (χ0) is 15.7. The molecule has 0 spiro atoms. The molecule has 8 heteroatoms. The van der Waals surface area contributed by atoms with Crippen LogP contribution in [0.5, 0.6) is 5.75 Å². The Morgan fingerprint density at radius 2 is 1.81 bits per heavy atom. The second-order valence-electron chi connectivity index (χ2n) is 4.57. The first-order chi connectivity index (χ1) is 9.88. The molecule has 21 heavy (non-hydrogen) atoms. The zero-order valence-corrected chi connectivity index (χ0v) is 11.9. The molecule has 1 aliphatic heterocycles. The third-order valence-electron chi connectivity index (χ3n) is 3.34. The van der Waals surface area contributed by atoms with E-state index in [1.807, 2.05) is 0 Å². The summed E-state index contributed by atoms with van der Waals surface area (Å²) in [5.74, 6) is 0.0829. The lowest BCUT2D eigenvalue weighted by molar-refractivity contribution is -0.127. The molecule has 112 valence electrons. The molecule has 1 aliphatic rings. The van der Waals surface area contributed by atoms with Crippen LogP contribution in [-0.4, -0.2) is 55.1 Å². The van der Waals surface area contributed by atoms with Gasteiger partial charge in [-0.2, -0.15) is 0 Å². The van der Waals surface area contributed by atoms with Crippen LogP contribution in [0.25, 0.3) is 0 Å². The average molecular weight is 292 g/mol. The van der Waals surface area contributed by atoms with Crippen LogP contribution in [-0.2, 0) is 4.79 Å². The van der Waals surface area contributed by atoms with Crippen LogP contribution in [0.1, 0.15) is 0 Å². The molecule has 0 radical (unpaired) electrons. The Kier molecular flexibility index (Phi) is 3.70. The van der Waals surface area contributed by atoms with Crippen LogP contribution in [0.3, 0.4) is 0 Å². The van der Waals surface area contributed by atoms with Gasteiger partial charge in [0, 0.05) is 19.8 Å². The lowest BCUT2D eigenvalue weighted by Crippen LogP contribution is -2.53. The summed E-state index contributed by atoms with van der Waals surface area (Å²) >= 11 is 0. The maximum absolute atomic E-state index is 12.2. The number of ether oxygens (including phenoxy) is 1. The minimum Gasteiger partial charge on any atom is -0.497 e. The molecular formula is C13H16N4O4. The summed E-state index contributed by atoms with van der Waals surface area (Å²) in [6, 6.07) is 5.13. The summed E-state index contributed by atoms with van der Waals surface area (Å²) in [5.41, 5.74) is 5.78. The molecule has 5 amide bonds. The van der Waals surface area contributed by atoms with E-state index in [0.29, 0.717) is 11.4 Å². The number of anilines is 1. The number of likely N-dealkylation sites (N-methyl/N-ethyl adjacent to an activating group) is 2. The minimum absolute atomic E-state index is 0.400. The molecular weight excluding hydrogens is 276 g/mol. The number of methoxy groups -OCH3 is 1. The second kappa shape index (κ2) is 5.31. The van der Waals surface area contributed by atoms with Crippen molar-refractivity contribution in [3.63, 3.8) is 0 Å². The van der Waals surface area contributed by atoms with Crippen molar-refractivity contribution in [3.05, 3.63) is 24.3 Å². The van der Waals surface area contributed by atoms with E-state index in [9.17, 15) is 14.4 Å². The number of primary amides is 1. The Labute approximate surface area is 121 Å². The number of hydrogen-bond donors (Lipinski definition) is 1. The van der Waals surface area contributed by atoms with Gasteiger partial charge in [0.25, 0.3) is 5.91 Å². The van der Waals surface area contributed by atoms with Crippen LogP contribution in [0.2, 0.25) is 0 Å². The third-order valence-corrected chi connectivity index (χ3v) is 3.34. The Morgan fingerprint density at radius 1 is 1.24 bits per heavy atom. The second-order valence-corrected chi connectivity index (χ2v) is 4.57. The monoisotopic (exact) mass is 292 g/mol. The molecule has 0 aromatic heterocycles. The van der Waals surface area contributed by atoms with Crippen molar-refractivity contribution in [2.24, 2.45) is 5.73 Å². The van der Waals surface area contributed by atoms with Gasteiger partial charge in [0.15, 0.2) is 6.17 Å². The van der Waals surface area contributed by atoms with E-state index in [-0.39, 0.29) is 0 Å².